The molecule has 0 saturated carbocycles. The van der Waals surface area contributed by atoms with Gasteiger partial charge in [0.25, 0.3) is 5.91 Å². The molecule has 0 bridgehead atoms. The average molecular weight is 500 g/mol. The van der Waals surface area contributed by atoms with Crippen LogP contribution in [0.1, 0.15) is 11.3 Å². The Bertz CT molecular complexity index is 1460. The number of nitrogens with zero attached hydrogens (tertiary/aromatic N) is 4. The number of amidine groups is 1. The second-order valence-electron chi connectivity index (χ2n) is 8.39. The number of para-hydroxylation sites is 2. The van der Waals surface area contributed by atoms with E-state index in [2.05, 4.69) is 10.3 Å². The lowest BCUT2D eigenvalue weighted by Gasteiger charge is -2.22. The Kier molecular flexibility index (Phi) is 6.75. The van der Waals surface area contributed by atoms with Crippen molar-refractivity contribution in [1.82, 2.24) is 19.9 Å². The molecule has 3 heterocycles. The number of nitrogens with one attached hydrogen (secondary N) is 1. The summed E-state index contributed by atoms with van der Waals surface area (Å²) in [5.41, 5.74) is 2.55. The maximum absolute atomic E-state index is 13.3. The van der Waals surface area contributed by atoms with Crippen molar-refractivity contribution < 1.29 is 14.0 Å². The predicted octanol–water partition coefficient (Wildman–Crippen LogP) is 4.63. The standard InChI is InChI=1S/C27H25N5O3S/c1-30(2)32-26(34)24(36-27(32)29-20-9-4-3-5-10-20)15-19-17-31(23-13-7-6-12-22(19)23)18-25(33)28-16-21-11-8-14-35-21/h3-15,17H,16,18H2,1-2H3,(H,28,33)/b24-15-,29-27?. The van der Waals surface area contributed by atoms with E-state index < -0.39 is 0 Å². The molecule has 0 atom stereocenters. The van der Waals surface area contributed by atoms with Crippen molar-refractivity contribution in [2.24, 2.45) is 4.99 Å². The van der Waals surface area contributed by atoms with Crippen molar-refractivity contribution in [1.29, 1.82) is 0 Å². The summed E-state index contributed by atoms with van der Waals surface area (Å²) in [5.74, 6) is 0.419. The van der Waals surface area contributed by atoms with Gasteiger partial charge in [-0.2, -0.15) is 0 Å². The van der Waals surface area contributed by atoms with Crippen LogP contribution in [0.2, 0.25) is 0 Å². The summed E-state index contributed by atoms with van der Waals surface area (Å²) in [4.78, 5) is 31.2. The lowest BCUT2D eigenvalue weighted by atomic mass is 10.1. The number of hydrazine groups is 1. The molecule has 1 N–H and O–H groups in total. The van der Waals surface area contributed by atoms with Gasteiger partial charge in [-0.25, -0.2) is 15.0 Å². The van der Waals surface area contributed by atoms with E-state index >= 15 is 0 Å². The molecule has 8 nitrogen and oxygen atoms in total. The summed E-state index contributed by atoms with van der Waals surface area (Å²) in [5, 5.41) is 7.71. The number of benzene rings is 2. The largest absolute Gasteiger partial charge is 0.467 e. The zero-order valence-electron chi connectivity index (χ0n) is 19.9. The molecule has 36 heavy (non-hydrogen) atoms. The minimum atomic E-state index is -0.146. The number of thioether (sulfide) groups is 1. The first-order valence-electron chi connectivity index (χ1n) is 11.4. The second kappa shape index (κ2) is 10.3. The molecule has 1 fully saturated rings. The molecule has 2 amide bonds. The molecule has 1 saturated heterocycles. The fraction of sp³-hybridized carbons (Fsp3) is 0.148. The van der Waals surface area contributed by atoms with E-state index in [1.807, 2.05) is 91.6 Å². The molecule has 0 radical (unpaired) electrons. The molecule has 0 unspecified atom stereocenters. The summed E-state index contributed by atoms with van der Waals surface area (Å²) < 4.78 is 7.18. The first-order valence-corrected chi connectivity index (χ1v) is 12.2. The van der Waals surface area contributed by atoms with Gasteiger partial charge in [-0.3, -0.25) is 9.59 Å². The fourth-order valence-corrected chi connectivity index (χ4v) is 5.02. The van der Waals surface area contributed by atoms with Crippen LogP contribution in [0.4, 0.5) is 5.69 Å². The topological polar surface area (TPSA) is 83.1 Å². The van der Waals surface area contributed by atoms with E-state index in [1.54, 1.807) is 22.3 Å². The highest BCUT2D eigenvalue weighted by molar-refractivity contribution is 8.18. The van der Waals surface area contributed by atoms with E-state index in [1.165, 1.54) is 11.8 Å². The van der Waals surface area contributed by atoms with Gasteiger partial charge in [0.2, 0.25) is 5.91 Å². The highest BCUT2D eigenvalue weighted by Crippen LogP contribution is 2.36. The molecule has 4 aromatic rings. The van der Waals surface area contributed by atoms with Crippen LogP contribution in [0.5, 0.6) is 0 Å². The van der Waals surface area contributed by atoms with E-state index in [0.29, 0.717) is 22.4 Å². The van der Waals surface area contributed by atoms with E-state index in [0.717, 1.165) is 22.2 Å². The van der Waals surface area contributed by atoms with Gasteiger partial charge in [-0.15, -0.1) is 0 Å². The first kappa shape index (κ1) is 23.7. The number of carbonyl (C=O) groups is 2. The van der Waals surface area contributed by atoms with Gasteiger partial charge in [0, 0.05) is 36.8 Å². The smallest absolute Gasteiger partial charge is 0.281 e. The lowest BCUT2D eigenvalue weighted by Crippen LogP contribution is -2.40. The van der Waals surface area contributed by atoms with Crippen LogP contribution in [-0.4, -0.2) is 45.7 Å². The Morgan fingerprint density at radius 3 is 2.61 bits per heavy atom. The Hall–Kier alpha value is -4.08. The van der Waals surface area contributed by atoms with Crippen LogP contribution in [0, 0.1) is 0 Å². The van der Waals surface area contributed by atoms with Gasteiger partial charge < -0.3 is 14.3 Å². The molecule has 2 aromatic heterocycles. The summed E-state index contributed by atoms with van der Waals surface area (Å²) in [6, 6.07) is 21.0. The molecular weight excluding hydrogens is 474 g/mol. The third-order valence-corrected chi connectivity index (χ3v) is 6.59. The quantitative estimate of drug-likeness (QED) is 0.375. The summed E-state index contributed by atoms with van der Waals surface area (Å²) in [6.45, 7) is 0.479. The average Bonchev–Trinajstić information content (AvgIpc) is 3.58. The van der Waals surface area contributed by atoms with Gasteiger partial charge in [-0.05, 0) is 48.2 Å². The highest BCUT2D eigenvalue weighted by atomic mass is 32.2. The summed E-state index contributed by atoms with van der Waals surface area (Å²) in [7, 11) is 3.63. The Morgan fingerprint density at radius 2 is 1.86 bits per heavy atom. The third-order valence-electron chi connectivity index (χ3n) is 5.63. The third kappa shape index (κ3) is 4.98. The maximum atomic E-state index is 13.3. The number of aromatic nitrogens is 1. The van der Waals surface area contributed by atoms with Crippen molar-refractivity contribution in [3.05, 3.63) is 95.4 Å². The zero-order chi connectivity index (χ0) is 25.1. The molecule has 9 heteroatoms. The summed E-state index contributed by atoms with van der Waals surface area (Å²) >= 11 is 1.33. The van der Waals surface area contributed by atoms with Gasteiger partial charge in [0.05, 0.1) is 23.4 Å². The maximum Gasteiger partial charge on any atom is 0.281 e. The van der Waals surface area contributed by atoms with Crippen LogP contribution in [0.15, 0.2) is 93.5 Å². The van der Waals surface area contributed by atoms with E-state index in [9.17, 15) is 9.59 Å². The SMILES string of the molecule is CN(C)N1C(=O)/C(=C/c2cn(CC(=O)NCc3ccco3)c3ccccc23)SC1=Nc1ccccc1. The number of furan rings is 1. The van der Waals surface area contributed by atoms with E-state index in [4.69, 9.17) is 4.42 Å². The monoisotopic (exact) mass is 499 g/mol. The predicted molar refractivity (Wildman–Crippen MR) is 142 cm³/mol. The molecule has 5 rings (SSSR count). The van der Waals surface area contributed by atoms with Crippen LogP contribution >= 0.6 is 11.8 Å². The van der Waals surface area contributed by atoms with Gasteiger partial charge >= 0.3 is 0 Å². The van der Waals surface area contributed by atoms with Gasteiger partial charge in [0.15, 0.2) is 5.17 Å². The van der Waals surface area contributed by atoms with Crippen molar-refractivity contribution >= 4 is 51.4 Å². The number of hydrogen-bond acceptors (Lipinski definition) is 6. The molecule has 182 valence electrons. The first-order chi connectivity index (χ1) is 17.5. The normalized spacial score (nSPS) is 16.1. The van der Waals surface area contributed by atoms with Crippen molar-refractivity contribution in [2.75, 3.05) is 14.1 Å². The van der Waals surface area contributed by atoms with E-state index in [-0.39, 0.29) is 18.4 Å². The molecule has 1 aliphatic heterocycles. The zero-order valence-corrected chi connectivity index (χ0v) is 20.7. The van der Waals surface area contributed by atoms with Crippen LogP contribution in [0.3, 0.4) is 0 Å². The molecular formula is C27H25N5O3S. The Labute approximate surface area is 212 Å². The number of carbonyl (C=O) groups excluding carboxylic acids is 2. The number of aliphatic imine (C=N–C) groups is 1. The number of hydrogen-bond donors (Lipinski definition) is 1. The van der Waals surface area contributed by atoms with Crippen LogP contribution in [-0.2, 0) is 22.7 Å². The van der Waals surface area contributed by atoms with Crippen LogP contribution in [0.25, 0.3) is 17.0 Å². The van der Waals surface area contributed by atoms with Gasteiger partial charge in [-0.1, -0.05) is 36.4 Å². The van der Waals surface area contributed by atoms with Crippen molar-refractivity contribution in [2.45, 2.75) is 13.1 Å². The number of amides is 2. The number of fused-ring (bicyclic) bond motifs is 1. The Balaban J connectivity index is 1.43. The highest BCUT2D eigenvalue weighted by Gasteiger charge is 2.35. The minimum Gasteiger partial charge on any atom is -0.467 e. The summed E-state index contributed by atoms with van der Waals surface area (Å²) in [6.07, 6.45) is 5.36. The molecule has 0 spiro atoms. The van der Waals surface area contributed by atoms with Crippen molar-refractivity contribution in [3.63, 3.8) is 0 Å². The minimum absolute atomic E-state index is 0.131. The van der Waals surface area contributed by atoms with Crippen LogP contribution < -0.4 is 5.32 Å². The number of rotatable bonds is 7. The lowest BCUT2D eigenvalue weighted by molar-refractivity contribution is -0.130. The molecule has 2 aromatic carbocycles. The molecule has 1 aliphatic rings. The van der Waals surface area contributed by atoms with Gasteiger partial charge in [0.1, 0.15) is 12.3 Å². The second-order valence-corrected chi connectivity index (χ2v) is 9.40. The Morgan fingerprint density at radius 1 is 1.08 bits per heavy atom. The van der Waals surface area contributed by atoms with Crippen molar-refractivity contribution in [3.8, 4) is 0 Å². The fourth-order valence-electron chi connectivity index (χ4n) is 3.98. The molecule has 0 aliphatic carbocycles.